The average Bonchev–Trinajstić information content (AvgIpc) is 2.29. The first kappa shape index (κ1) is 11.9. The molecular formula is C11H17N3S. The first-order chi connectivity index (χ1) is 7.33. The molecule has 0 aromatic carbocycles. The van der Waals surface area contributed by atoms with Gasteiger partial charge in [-0.05, 0) is 43.6 Å². The maximum absolute atomic E-state index is 4.96. The highest BCUT2D eigenvalue weighted by Gasteiger charge is 1.94. The standard InChI is InChI=1S/C11H17N3S/c1-12-11(15)14-9-5-3-7-10-6-2-4-8-13-10/h2,4,6,8H,3,5,7,9H2,1H3,(H2,12,14,15). The normalized spacial score (nSPS) is 9.67. The van der Waals surface area contributed by atoms with E-state index in [4.69, 9.17) is 12.2 Å². The number of thiocarbonyl (C=S) groups is 1. The molecule has 0 saturated heterocycles. The minimum atomic E-state index is 0.716. The van der Waals surface area contributed by atoms with Gasteiger partial charge in [-0.1, -0.05) is 6.07 Å². The molecule has 0 amide bonds. The number of hydrogen-bond acceptors (Lipinski definition) is 2. The van der Waals surface area contributed by atoms with E-state index < -0.39 is 0 Å². The van der Waals surface area contributed by atoms with Crippen LogP contribution in [0, 0.1) is 0 Å². The van der Waals surface area contributed by atoms with Gasteiger partial charge < -0.3 is 10.6 Å². The second kappa shape index (κ2) is 7.17. The van der Waals surface area contributed by atoms with Crippen molar-refractivity contribution in [1.82, 2.24) is 15.6 Å². The third kappa shape index (κ3) is 5.32. The predicted molar refractivity (Wildman–Crippen MR) is 66.8 cm³/mol. The Morgan fingerprint density at radius 1 is 1.40 bits per heavy atom. The highest BCUT2D eigenvalue weighted by molar-refractivity contribution is 7.80. The van der Waals surface area contributed by atoms with Crippen LogP contribution in [-0.2, 0) is 6.42 Å². The fourth-order valence-corrected chi connectivity index (χ4v) is 1.37. The lowest BCUT2D eigenvalue weighted by Crippen LogP contribution is -2.32. The molecule has 1 heterocycles. The lowest BCUT2D eigenvalue weighted by Gasteiger charge is -2.06. The van der Waals surface area contributed by atoms with Crippen molar-refractivity contribution in [2.45, 2.75) is 19.3 Å². The predicted octanol–water partition coefficient (Wildman–Crippen LogP) is 1.50. The van der Waals surface area contributed by atoms with Gasteiger partial charge in [-0.15, -0.1) is 0 Å². The molecule has 0 fully saturated rings. The molecule has 0 radical (unpaired) electrons. The summed E-state index contributed by atoms with van der Waals surface area (Å²) in [6.45, 7) is 0.923. The lowest BCUT2D eigenvalue weighted by atomic mass is 10.2. The smallest absolute Gasteiger partial charge is 0.166 e. The molecule has 0 atom stereocenters. The van der Waals surface area contributed by atoms with E-state index in [1.807, 2.05) is 25.4 Å². The van der Waals surface area contributed by atoms with E-state index in [9.17, 15) is 0 Å². The molecule has 3 nitrogen and oxygen atoms in total. The van der Waals surface area contributed by atoms with E-state index in [0.717, 1.165) is 31.5 Å². The molecule has 0 bridgehead atoms. The molecule has 2 N–H and O–H groups in total. The number of rotatable bonds is 5. The van der Waals surface area contributed by atoms with Crippen LogP contribution in [0.15, 0.2) is 24.4 Å². The van der Waals surface area contributed by atoms with Gasteiger partial charge in [-0.25, -0.2) is 0 Å². The zero-order chi connectivity index (χ0) is 10.9. The molecule has 1 aromatic rings. The summed E-state index contributed by atoms with van der Waals surface area (Å²) in [6, 6.07) is 6.03. The highest BCUT2D eigenvalue weighted by Crippen LogP contribution is 2.00. The summed E-state index contributed by atoms with van der Waals surface area (Å²) in [5.74, 6) is 0. The van der Waals surface area contributed by atoms with Gasteiger partial charge in [-0.3, -0.25) is 4.98 Å². The Labute approximate surface area is 96.3 Å². The molecule has 0 spiro atoms. The summed E-state index contributed by atoms with van der Waals surface area (Å²) in [5, 5.41) is 6.72. The van der Waals surface area contributed by atoms with Crippen LogP contribution in [0.2, 0.25) is 0 Å². The van der Waals surface area contributed by atoms with Crippen LogP contribution in [0.4, 0.5) is 0 Å². The first-order valence-corrected chi connectivity index (χ1v) is 5.59. The van der Waals surface area contributed by atoms with Crippen molar-refractivity contribution >= 4 is 17.3 Å². The summed E-state index contributed by atoms with van der Waals surface area (Å²) in [6.07, 6.45) is 5.12. The third-order valence-electron chi connectivity index (χ3n) is 2.10. The van der Waals surface area contributed by atoms with Crippen molar-refractivity contribution in [3.8, 4) is 0 Å². The van der Waals surface area contributed by atoms with Crippen molar-refractivity contribution in [3.05, 3.63) is 30.1 Å². The summed E-state index contributed by atoms with van der Waals surface area (Å²) in [7, 11) is 1.82. The Kier molecular flexibility index (Phi) is 5.70. The van der Waals surface area contributed by atoms with Crippen LogP contribution in [-0.4, -0.2) is 23.7 Å². The second-order valence-electron chi connectivity index (χ2n) is 3.28. The van der Waals surface area contributed by atoms with Crippen LogP contribution < -0.4 is 10.6 Å². The van der Waals surface area contributed by atoms with Gasteiger partial charge in [-0.2, -0.15) is 0 Å². The zero-order valence-electron chi connectivity index (χ0n) is 8.99. The Bertz CT molecular complexity index is 287. The van der Waals surface area contributed by atoms with Crippen LogP contribution in [0.3, 0.4) is 0 Å². The van der Waals surface area contributed by atoms with Crippen molar-refractivity contribution < 1.29 is 0 Å². The Morgan fingerprint density at radius 3 is 2.93 bits per heavy atom. The molecule has 1 aromatic heterocycles. The minimum Gasteiger partial charge on any atom is -0.366 e. The van der Waals surface area contributed by atoms with Crippen molar-refractivity contribution in [1.29, 1.82) is 0 Å². The van der Waals surface area contributed by atoms with Crippen LogP contribution >= 0.6 is 12.2 Å². The largest absolute Gasteiger partial charge is 0.366 e. The number of hydrogen-bond donors (Lipinski definition) is 2. The van der Waals surface area contributed by atoms with Crippen molar-refractivity contribution in [2.75, 3.05) is 13.6 Å². The topological polar surface area (TPSA) is 37.0 Å². The molecule has 4 heteroatoms. The van der Waals surface area contributed by atoms with Gasteiger partial charge in [0.05, 0.1) is 0 Å². The molecule has 0 aliphatic heterocycles. The maximum Gasteiger partial charge on any atom is 0.166 e. The summed E-state index contributed by atoms with van der Waals surface area (Å²) >= 11 is 4.96. The van der Waals surface area contributed by atoms with E-state index in [-0.39, 0.29) is 0 Å². The summed E-state index contributed by atoms with van der Waals surface area (Å²) < 4.78 is 0. The molecular weight excluding hydrogens is 206 g/mol. The van der Waals surface area contributed by atoms with E-state index >= 15 is 0 Å². The average molecular weight is 223 g/mol. The van der Waals surface area contributed by atoms with Gasteiger partial charge in [0.25, 0.3) is 0 Å². The highest BCUT2D eigenvalue weighted by atomic mass is 32.1. The maximum atomic E-state index is 4.96. The Morgan fingerprint density at radius 2 is 2.27 bits per heavy atom. The van der Waals surface area contributed by atoms with E-state index in [0.29, 0.717) is 5.11 Å². The number of nitrogens with one attached hydrogen (secondary N) is 2. The Balaban J connectivity index is 2.05. The molecule has 0 aliphatic carbocycles. The molecule has 15 heavy (non-hydrogen) atoms. The number of nitrogens with zero attached hydrogens (tertiary/aromatic N) is 1. The number of aromatic nitrogens is 1. The molecule has 0 aliphatic rings. The van der Waals surface area contributed by atoms with Crippen molar-refractivity contribution in [2.24, 2.45) is 0 Å². The van der Waals surface area contributed by atoms with Gasteiger partial charge in [0.1, 0.15) is 0 Å². The molecule has 0 saturated carbocycles. The third-order valence-corrected chi connectivity index (χ3v) is 2.45. The van der Waals surface area contributed by atoms with Crippen LogP contribution in [0.1, 0.15) is 18.5 Å². The summed E-state index contributed by atoms with van der Waals surface area (Å²) in [4.78, 5) is 4.27. The minimum absolute atomic E-state index is 0.716. The SMILES string of the molecule is CNC(=S)NCCCCc1ccccn1. The number of pyridine rings is 1. The van der Waals surface area contributed by atoms with Gasteiger partial charge in [0.2, 0.25) is 0 Å². The quantitative estimate of drug-likeness (QED) is 0.586. The number of unbranched alkanes of at least 4 members (excludes halogenated alkanes) is 1. The van der Waals surface area contributed by atoms with Crippen LogP contribution in [0.25, 0.3) is 0 Å². The molecule has 0 unspecified atom stereocenters. The Hall–Kier alpha value is -1.16. The fraction of sp³-hybridized carbons (Fsp3) is 0.455. The van der Waals surface area contributed by atoms with Gasteiger partial charge >= 0.3 is 0 Å². The number of aryl methyl sites for hydroxylation is 1. The van der Waals surface area contributed by atoms with E-state index in [1.54, 1.807) is 0 Å². The first-order valence-electron chi connectivity index (χ1n) is 5.18. The van der Waals surface area contributed by atoms with Crippen LogP contribution in [0.5, 0.6) is 0 Å². The van der Waals surface area contributed by atoms with Gasteiger partial charge in [0.15, 0.2) is 5.11 Å². The molecule has 1 rings (SSSR count). The van der Waals surface area contributed by atoms with E-state index in [2.05, 4.69) is 21.7 Å². The van der Waals surface area contributed by atoms with Gasteiger partial charge in [0, 0.05) is 25.5 Å². The second-order valence-corrected chi connectivity index (χ2v) is 3.69. The molecule has 82 valence electrons. The fourth-order valence-electron chi connectivity index (χ4n) is 1.27. The lowest BCUT2D eigenvalue weighted by molar-refractivity contribution is 0.697. The zero-order valence-corrected chi connectivity index (χ0v) is 9.81. The summed E-state index contributed by atoms with van der Waals surface area (Å²) in [5.41, 5.74) is 1.16. The van der Waals surface area contributed by atoms with Crippen molar-refractivity contribution in [3.63, 3.8) is 0 Å². The van der Waals surface area contributed by atoms with E-state index in [1.165, 1.54) is 0 Å². The monoisotopic (exact) mass is 223 g/mol.